The molecular weight excluding hydrogens is 366 g/mol. The second-order valence-electron chi connectivity index (χ2n) is 5.45. The third kappa shape index (κ3) is 6.03. The Morgan fingerprint density at radius 2 is 1.68 bits per heavy atom. The molecule has 0 aliphatic carbocycles. The molecule has 0 saturated heterocycles. The van der Waals surface area contributed by atoms with E-state index in [9.17, 15) is 14.0 Å². The third-order valence-corrected chi connectivity index (χ3v) is 3.94. The first kappa shape index (κ1) is 19.2. The Morgan fingerprint density at radius 1 is 1.08 bits per heavy atom. The average Bonchev–Trinajstić information content (AvgIpc) is 2.53. The Hall–Kier alpha value is -2.11. The summed E-state index contributed by atoms with van der Waals surface area (Å²) >= 11 is 11.9. The van der Waals surface area contributed by atoms with Crippen LogP contribution in [0, 0.1) is 5.82 Å². The molecule has 0 aromatic heterocycles. The zero-order chi connectivity index (χ0) is 18.4. The van der Waals surface area contributed by atoms with Gasteiger partial charge in [0.15, 0.2) is 0 Å². The number of carbonyl (C=O) groups excluding carboxylic acids is 2. The molecule has 0 atom stereocenters. The molecular formula is C18H17Cl2FN2O2. The van der Waals surface area contributed by atoms with Gasteiger partial charge in [0.25, 0.3) is 0 Å². The minimum atomic E-state index is -0.327. The van der Waals surface area contributed by atoms with E-state index in [1.165, 1.54) is 24.0 Å². The Labute approximate surface area is 155 Å². The van der Waals surface area contributed by atoms with Crippen LogP contribution in [0.2, 0.25) is 10.0 Å². The van der Waals surface area contributed by atoms with Gasteiger partial charge in [-0.2, -0.15) is 0 Å². The first-order valence-corrected chi connectivity index (χ1v) is 8.36. The molecule has 0 saturated carbocycles. The lowest BCUT2D eigenvalue weighted by Gasteiger charge is -2.21. The lowest BCUT2D eigenvalue weighted by atomic mass is 10.2. The topological polar surface area (TPSA) is 49.4 Å². The highest BCUT2D eigenvalue weighted by Crippen LogP contribution is 2.25. The molecule has 0 fully saturated rings. The zero-order valence-corrected chi connectivity index (χ0v) is 15.1. The molecule has 0 unspecified atom stereocenters. The number of nitrogens with one attached hydrogen (secondary N) is 1. The predicted octanol–water partition coefficient (Wildman–Crippen LogP) is 4.19. The molecule has 0 heterocycles. The molecule has 0 aliphatic rings. The number of hydrogen-bond acceptors (Lipinski definition) is 2. The largest absolute Gasteiger partial charge is 0.352 e. The maximum Gasteiger partial charge on any atom is 0.223 e. The fourth-order valence-electron chi connectivity index (χ4n) is 2.27. The van der Waals surface area contributed by atoms with Crippen molar-refractivity contribution in [1.82, 2.24) is 5.32 Å². The van der Waals surface area contributed by atoms with Crippen LogP contribution in [0.15, 0.2) is 42.5 Å². The van der Waals surface area contributed by atoms with Crippen LogP contribution in [-0.2, 0) is 16.1 Å². The molecule has 0 bridgehead atoms. The molecule has 132 valence electrons. The van der Waals surface area contributed by atoms with Gasteiger partial charge in [0.2, 0.25) is 11.8 Å². The van der Waals surface area contributed by atoms with Crippen molar-refractivity contribution < 1.29 is 14.0 Å². The van der Waals surface area contributed by atoms with E-state index in [2.05, 4.69) is 5.32 Å². The number of benzene rings is 2. The van der Waals surface area contributed by atoms with Crippen molar-refractivity contribution in [3.63, 3.8) is 0 Å². The van der Waals surface area contributed by atoms with Crippen molar-refractivity contribution in [3.05, 3.63) is 63.9 Å². The van der Waals surface area contributed by atoms with Gasteiger partial charge in [0, 0.05) is 42.2 Å². The SMILES string of the molecule is CC(=O)N(CCC(=O)NCc1ccc(F)cc1)c1cc(Cl)cc(Cl)c1. The summed E-state index contributed by atoms with van der Waals surface area (Å²) in [6.45, 7) is 1.90. The summed E-state index contributed by atoms with van der Waals surface area (Å²) < 4.78 is 12.8. The summed E-state index contributed by atoms with van der Waals surface area (Å²) in [6.07, 6.45) is 0.116. The first-order valence-electron chi connectivity index (χ1n) is 7.60. The van der Waals surface area contributed by atoms with Gasteiger partial charge in [-0.3, -0.25) is 9.59 Å². The van der Waals surface area contributed by atoms with Crippen LogP contribution in [-0.4, -0.2) is 18.4 Å². The number of carbonyl (C=O) groups is 2. The van der Waals surface area contributed by atoms with Gasteiger partial charge < -0.3 is 10.2 Å². The van der Waals surface area contributed by atoms with E-state index in [1.54, 1.807) is 30.3 Å². The van der Waals surface area contributed by atoms with Crippen LogP contribution >= 0.6 is 23.2 Å². The van der Waals surface area contributed by atoms with Gasteiger partial charge in [0.05, 0.1) is 0 Å². The Balaban J connectivity index is 1.93. The summed E-state index contributed by atoms with van der Waals surface area (Å²) in [5.41, 5.74) is 1.33. The molecule has 0 radical (unpaired) electrons. The van der Waals surface area contributed by atoms with Crippen LogP contribution in [0.3, 0.4) is 0 Å². The molecule has 2 rings (SSSR count). The summed E-state index contributed by atoms with van der Waals surface area (Å²) in [4.78, 5) is 25.3. The number of nitrogens with zero attached hydrogens (tertiary/aromatic N) is 1. The Bertz CT molecular complexity index is 746. The summed E-state index contributed by atoms with van der Waals surface area (Å²) in [5, 5.41) is 3.56. The van der Waals surface area contributed by atoms with Crippen molar-refractivity contribution in [1.29, 1.82) is 0 Å². The maximum atomic E-state index is 12.8. The standard InChI is InChI=1S/C18H17Cl2FN2O2/c1-12(24)23(17-9-14(19)8-15(20)10-17)7-6-18(25)22-11-13-2-4-16(21)5-3-13/h2-5,8-10H,6-7,11H2,1H3,(H,22,25). The monoisotopic (exact) mass is 382 g/mol. The second kappa shape index (κ2) is 8.83. The number of amides is 2. The third-order valence-electron chi connectivity index (χ3n) is 3.50. The van der Waals surface area contributed by atoms with E-state index < -0.39 is 0 Å². The highest BCUT2D eigenvalue weighted by Gasteiger charge is 2.14. The molecule has 1 N–H and O–H groups in total. The van der Waals surface area contributed by atoms with Gasteiger partial charge in [-0.05, 0) is 35.9 Å². The van der Waals surface area contributed by atoms with Crippen LogP contribution in [0.1, 0.15) is 18.9 Å². The number of anilines is 1. The van der Waals surface area contributed by atoms with Gasteiger partial charge in [0.1, 0.15) is 5.82 Å². The van der Waals surface area contributed by atoms with Gasteiger partial charge in [-0.15, -0.1) is 0 Å². The fourth-order valence-corrected chi connectivity index (χ4v) is 2.78. The minimum Gasteiger partial charge on any atom is -0.352 e. The predicted molar refractivity (Wildman–Crippen MR) is 97.4 cm³/mol. The summed E-state index contributed by atoms with van der Waals surface area (Å²) in [5.74, 6) is -0.763. The maximum absolute atomic E-state index is 12.8. The van der Waals surface area contributed by atoms with E-state index in [0.29, 0.717) is 22.3 Å². The van der Waals surface area contributed by atoms with Crippen LogP contribution < -0.4 is 10.2 Å². The molecule has 2 aromatic carbocycles. The lowest BCUT2D eigenvalue weighted by Crippen LogP contribution is -2.33. The van der Waals surface area contributed by atoms with E-state index in [-0.39, 0.29) is 30.6 Å². The van der Waals surface area contributed by atoms with Gasteiger partial charge in [-0.25, -0.2) is 4.39 Å². The van der Waals surface area contributed by atoms with Crippen LogP contribution in [0.25, 0.3) is 0 Å². The molecule has 4 nitrogen and oxygen atoms in total. The Morgan fingerprint density at radius 3 is 2.24 bits per heavy atom. The normalized spacial score (nSPS) is 10.4. The molecule has 0 aliphatic heterocycles. The van der Waals surface area contributed by atoms with Crippen molar-refractivity contribution in [2.45, 2.75) is 19.9 Å². The summed E-state index contributed by atoms with van der Waals surface area (Å²) in [7, 11) is 0. The van der Waals surface area contributed by atoms with Crippen LogP contribution in [0.4, 0.5) is 10.1 Å². The lowest BCUT2D eigenvalue weighted by molar-refractivity contribution is -0.121. The molecule has 0 spiro atoms. The van der Waals surface area contributed by atoms with E-state index >= 15 is 0 Å². The van der Waals surface area contributed by atoms with Crippen LogP contribution in [0.5, 0.6) is 0 Å². The minimum absolute atomic E-state index is 0.116. The van der Waals surface area contributed by atoms with Crippen molar-refractivity contribution in [2.24, 2.45) is 0 Å². The van der Waals surface area contributed by atoms with Gasteiger partial charge in [-0.1, -0.05) is 35.3 Å². The Kier molecular flexibility index (Phi) is 6.79. The molecule has 2 amide bonds. The second-order valence-corrected chi connectivity index (χ2v) is 6.32. The average molecular weight is 383 g/mol. The van der Waals surface area contributed by atoms with E-state index in [1.807, 2.05) is 0 Å². The molecule has 25 heavy (non-hydrogen) atoms. The molecule has 7 heteroatoms. The highest BCUT2D eigenvalue weighted by atomic mass is 35.5. The van der Waals surface area contributed by atoms with E-state index in [0.717, 1.165) is 5.56 Å². The smallest absolute Gasteiger partial charge is 0.223 e. The number of rotatable bonds is 6. The van der Waals surface area contributed by atoms with Gasteiger partial charge >= 0.3 is 0 Å². The number of hydrogen-bond donors (Lipinski definition) is 1. The summed E-state index contributed by atoms with van der Waals surface area (Å²) in [6, 6.07) is 10.7. The molecule has 2 aromatic rings. The highest BCUT2D eigenvalue weighted by molar-refractivity contribution is 6.35. The quantitative estimate of drug-likeness (QED) is 0.813. The number of halogens is 3. The van der Waals surface area contributed by atoms with Crippen molar-refractivity contribution in [2.75, 3.05) is 11.4 Å². The van der Waals surface area contributed by atoms with E-state index in [4.69, 9.17) is 23.2 Å². The van der Waals surface area contributed by atoms with Crippen molar-refractivity contribution >= 4 is 40.7 Å². The first-order chi connectivity index (χ1) is 11.8. The zero-order valence-electron chi connectivity index (χ0n) is 13.6. The fraction of sp³-hybridized carbons (Fsp3) is 0.222. The van der Waals surface area contributed by atoms with Crippen molar-refractivity contribution in [3.8, 4) is 0 Å².